The van der Waals surface area contributed by atoms with Crippen molar-refractivity contribution in [1.82, 2.24) is 0 Å². The quantitative estimate of drug-likeness (QED) is 0.482. The number of nitrogens with zero attached hydrogens (tertiary/aromatic N) is 1. The number of hydrogen-bond donors (Lipinski definition) is 2. The second-order valence-corrected chi connectivity index (χ2v) is 3.26. The molecule has 0 heterocycles. The Balaban J connectivity index is 3.70. The molecule has 0 amide bonds. The number of amidine groups is 2. The number of unbranched alkanes of at least 4 members (excludes halogenated alkanes) is 2. The number of rotatable bonds is 6. The summed E-state index contributed by atoms with van der Waals surface area (Å²) in [6.45, 7) is 4.23. The van der Waals surface area contributed by atoms with Gasteiger partial charge in [-0.25, -0.2) is 4.99 Å². The Morgan fingerprint density at radius 1 is 1.15 bits per heavy atom. The van der Waals surface area contributed by atoms with Crippen LogP contribution < -0.4 is 5.73 Å². The molecule has 0 aliphatic carbocycles. The van der Waals surface area contributed by atoms with Crippen molar-refractivity contribution in [1.29, 1.82) is 5.41 Å². The summed E-state index contributed by atoms with van der Waals surface area (Å²) in [5.74, 6) is 1.04. The minimum Gasteiger partial charge on any atom is -0.387 e. The first-order valence-electron chi connectivity index (χ1n) is 5.11. The van der Waals surface area contributed by atoms with Gasteiger partial charge in [0.05, 0.1) is 0 Å². The molecule has 0 rings (SSSR count). The first-order chi connectivity index (χ1) is 6.20. The van der Waals surface area contributed by atoms with Gasteiger partial charge in [0, 0.05) is 12.8 Å². The summed E-state index contributed by atoms with van der Waals surface area (Å²) >= 11 is 0. The maximum Gasteiger partial charge on any atom is 0.122 e. The molecule has 0 aromatic heterocycles. The van der Waals surface area contributed by atoms with E-state index in [1.54, 1.807) is 0 Å². The van der Waals surface area contributed by atoms with Gasteiger partial charge in [-0.2, -0.15) is 0 Å². The van der Waals surface area contributed by atoms with Gasteiger partial charge in [0.25, 0.3) is 0 Å². The Kier molecular flexibility index (Phi) is 7.26. The average Bonchev–Trinajstić information content (AvgIpc) is 2.11. The van der Waals surface area contributed by atoms with Crippen LogP contribution in [0.2, 0.25) is 0 Å². The summed E-state index contributed by atoms with van der Waals surface area (Å²) in [5, 5.41) is 7.49. The first kappa shape index (κ1) is 12.1. The Morgan fingerprint density at radius 2 is 1.69 bits per heavy atom. The van der Waals surface area contributed by atoms with Crippen LogP contribution in [-0.4, -0.2) is 11.7 Å². The number of nitrogens with two attached hydrogens (primary N) is 1. The molecule has 0 aliphatic rings. The molecule has 0 radical (unpaired) electrons. The minimum atomic E-state index is 0.426. The van der Waals surface area contributed by atoms with E-state index in [2.05, 4.69) is 18.8 Å². The second-order valence-electron chi connectivity index (χ2n) is 3.26. The molecule has 0 saturated heterocycles. The van der Waals surface area contributed by atoms with Crippen molar-refractivity contribution in [3.8, 4) is 0 Å². The largest absolute Gasteiger partial charge is 0.387 e. The van der Waals surface area contributed by atoms with E-state index in [1.807, 2.05) is 0 Å². The van der Waals surface area contributed by atoms with Crippen molar-refractivity contribution < 1.29 is 0 Å². The molecule has 0 bridgehead atoms. The summed E-state index contributed by atoms with van der Waals surface area (Å²) in [5.41, 5.74) is 5.64. The zero-order chi connectivity index (χ0) is 10.1. The van der Waals surface area contributed by atoms with E-state index in [-0.39, 0.29) is 0 Å². The molecule has 0 atom stereocenters. The molecule has 3 nitrogen and oxygen atoms in total. The lowest BCUT2D eigenvalue weighted by molar-refractivity contribution is 0.821. The SMILES string of the molecule is CCCCC(=N)N=C(N)CCCC. The molecule has 3 heteroatoms. The summed E-state index contributed by atoms with van der Waals surface area (Å²) in [6.07, 6.45) is 5.90. The first-order valence-corrected chi connectivity index (χ1v) is 5.11. The third-order valence-electron chi connectivity index (χ3n) is 1.83. The zero-order valence-corrected chi connectivity index (χ0v) is 8.77. The smallest absolute Gasteiger partial charge is 0.122 e. The Hall–Kier alpha value is -0.860. The van der Waals surface area contributed by atoms with Gasteiger partial charge in [-0.3, -0.25) is 5.41 Å². The molecule has 0 spiro atoms. The molecule has 3 N–H and O–H groups in total. The third-order valence-corrected chi connectivity index (χ3v) is 1.83. The van der Waals surface area contributed by atoms with E-state index >= 15 is 0 Å². The van der Waals surface area contributed by atoms with Crippen molar-refractivity contribution in [2.45, 2.75) is 52.4 Å². The predicted molar refractivity (Wildman–Crippen MR) is 58.4 cm³/mol. The van der Waals surface area contributed by atoms with Crippen LogP contribution in [0.15, 0.2) is 4.99 Å². The number of nitrogens with one attached hydrogen (secondary N) is 1. The fraction of sp³-hybridized carbons (Fsp3) is 0.800. The van der Waals surface area contributed by atoms with Gasteiger partial charge in [0.1, 0.15) is 11.7 Å². The van der Waals surface area contributed by atoms with E-state index in [1.165, 1.54) is 0 Å². The molecule has 0 fully saturated rings. The lowest BCUT2D eigenvalue weighted by Crippen LogP contribution is -2.13. The molecule has 0 saturated carbocycles. The summed E-state index contributed by atoms with van der Waals surface area (Å²) in [4.78, 5) is 4.03. The van der Waals surface area contributed by atoms with E-state index in [4.69, 9.17) is 11.1 Å². The molecule has 13 heavy (non-hydrogen) atoms. The summed E-state index contributed by atoms with van der Waals surface area (Å²) in [7, 11) is 0. The molecule has 0 aromatic rings. The van der Waals surface area contributed by atoms with Crippen molar-refractivity contribution in [2.75, 3.05) is 0 Å². The highest BCUT2D eigenvalue weighted by atomic mass is 14.9. The molecule has 0 aromatic carbocycles. The van der Waals surface area contributed by atoms with Crippen LogP contribution in [0.1, 0.15) is 52.4 Å². The maximum atomic E-state index is 7.49. The van der Waals surface area contributed by atoms with E-state index in [0.29, 0.717) is 11.7 Å². The summed E-state index contributed by atoms with van der Waals surface area (Å²) in [6, 6.07) is 0. The van der Waals surface area contributed by atoms with E-state index in [0.717, 1.165) is 38.5 Å². The highest BCUT2D eigenvalue weighted by Crippen LogP contribution is 1.99. The van der Waals surface area contributed by atoms with Crippen LogP contribution in [0.25, 0.3) is 0 Å². The summed E-state index contributed by atoms with van der Waals surface area (Å²) < 4.78 is 0. The van der Waals surface area contributed by atoms with Gasteiger partial charge in [0.15, 0.2) is 0 Å². The fourth-order valence-electron chi connectivity index (χ4n) is 0.987. The van der Waals surface area contributed by atoms with Crippen LogP contribution in [0.3, 0.4) is 0 Å². The monoisotopic (exact) mass is 183 g/mol. The van der Waals surface area contributed by atoms with Crippen LogP contribution in [-0.2, 0) is 0 Å². The van der Waals surface area contributed by atoms with Crippen LogP contribution in [0, 0.1) is 5.41 Å². The average molecular weight is 183 g/mol. The van der Waals surface area contributed by atoms with Gasteiger partial charge in [-0.1, -0.05) is 26.7 Å². The van der Waals surface area contributed by atoms with Crippen LogP contribution >= 0.6 is 0 Å². The second kappa shape index (κ2) is 7.77. The van der Waals surface area contributed by atoms with Crippen molar-refractivity contribution in [2.24, 2.45) is 10.7 Å². The highest BCUT2D eigenvalue weighted by molar-refractivity contribution is 5.94. The normalized spacial score (nSPS) is 11.7. The van der Waals surface area contributed by atoms with Crippen LogP contribution in [0.4, 0.5) is 0 Å². The van der Waals surface area contributed by atoms with Crippen molar-refractivity contribution in [3.63, 3.8) is 0 Å². The number of hydrogen-bond acceptors (Lipinski definition) is 1. The molecule has 0 unspecified atom stereocenters. The maximum absolute atomic E-state index is 7.49. The van der Waals surface area contributed by atoms with Gasteiger partial charge in [-0.05, 0) is 12.8 Å². The van der Waals surface area contributed by atoms with Crippen molar-refractivity contribution in [3.05, 3.63) is 0 Å². The number of aliphatic imine (C=N–C) groups is 1. The zero-order valence-electron chi connectivity index (χ0n) is 8.77. The van der Waals surface area contributed by atoms with Crippen molar-refractivity contribution >= 4 is 11.7 Å². The topological polar surface area (TPSA) is 62.2 Å². The molecule has 0 aliphatic heterocycles. The Labute approximate surface area is 80.9 Å². The lowest BCUT2D eigenvalue weighted by Gasteiger charge is -2.00. The molecular formula is C10H21N3. The Morgan fingerprint density at radius 3 is 2.23 bits per heavy atom. The predicted octanol–water partition coefficient (Wildman–Crippen LogP) is 2.70. The minimum absolute atomic E-state index is 0.426. The van der Waals surface area contributed by atoms with Gasteiger partial charge in [-0.15, -0.1) is 0 Å². The lowest BCUT2D eigenvalue weighted by atomic mass is 10.2. The van der Waals surface area contributed by atoms with E-state index in [9.17, 15) is 0 Å². The third kappa shape index (κ3) is 7.50. The molecule has 76 valence electrons. The van der Waals surface area contributed by atoms with Gasteiger partial charge >= 0.3 is 0 Å². The molecular weight excluding hydrogens is 162 g/mol. The Bertz CT molecular complexity index is 173. The van der Waals surface area contributed by atoms with Crippen LogP contribution in [0.5, 0.6) is 0 Å². The standard InChI is InChI=1S/C10H21N3/c1-3-5-7-9(11)13-10(12)8-6-4-2/h3-8H2,1-2H3,(H3,11,12,13). The van der Waals surface area contributed by atoms with E-state index < -0.39 is 0 Å². The highest BCUT2D eigenvalue weighted by Gasteiger charge is 1.96. The fourth-order valence-corrected chi connectivity index (χ4v) is 0.987. The van der Waals surface area contributed by atoms with Gasteiger partial charge in [0.2, 0.25) is 0 Å². The van der Waals surface area contributed by atoms with Gasteiger partial charge < -0.3 is 5.73 Å².